The van der Waals surface area contributed by atoms with E-state index in [0.29, 0.717) is 27.5 Å². The first-order valence-electron chi connectivity index (χ1n) is 7.54. The van der Waals surface area contributed by atoms with Gasteiger partial charge in [0.15, 0.2) is 0 Å². The third kappa shape index (κ3) is 4.68. The van der Waals surface area contributed by atoms with Crippen LogP contribution in [-0.2, 0) is 0 Å². The first-order valence-corrected chi connectivity index (χ1v) is 8.74. The molecule has 6 nitrogen and oxygen atoms in total. The van der Waals surface area contributed by atoms with Crippen molar-refractivity contribution >= 4 is 39.8 Å². The summed E-state index contributed by atoms with van der Waals surface area (Å²) in [4.78, 5) is 12.0. The smallest absolute Gasteiger partial charge is 0.325 e. The number of carbonyl (C=O) groups is 1. The number of hydrogen-bond acceptors (Lipinski definition) is 5. The van der Waals surface area contributed by atoms with Crippen LogP contribution in [0.3, 0.4) is 0 Å². The second-order valence-electron chi connectivity index (χ2n) is 4.96. The first-order chi connectivity index (χ1) is 12.1. The molecule has 3 rings (SSSR count). The van der Waals surface area contributed by atoms with Crippen molar-refractivity contribution < 1.29 is 9.53 Å². The second kappa shape index (κ2) is 7.96. The lowest BCUT2D eigenvalue weighted by molar-refractivity contribution is 0.262. The van der Waals surface area contributed by atoms with Gasteiger partial charge < -0.3 is 10.1 Å². The SMILES string of the molecule is CCOc1ccc(-c2nnc(NC(=O)Nc3ccc(Cl)cc3)s2)cc1. The molecule has 0 saturated carbocycles. The number of nitrogens with zero attached hydrogens (tertiary/aromatic N) is 2. The van der Waals surface area contributed by atoms with Crippen LogP contribution in [0.2, 0.25) is 5.02 Å². The monoisotopic (exact) mass is 374 g/mol. The van der Waals surface area contributed by atoms with Gasteiger partial charge in [0.2, 0.25) is 5.13 Å². The number of carbonyl (C=O) groups excluding carboxylic acids is 1. The Morgan fingerprint density at radius 3 is 2.48 bits per heavy atom. The third-order valence-corrected chi connectivity index (χ3v) is 4.30. The molecule has 0 aliphatic rings. The van der Waals surface area contributed by atoms with E-state index in [4.69, 9.17) is 16.3 Å². The summed E-state index contributed by atoms with van der Waals surface area (Å²) in [6.07, 6.45) is 0. The van der Waals surface area contributed by atoms with Crippen LogP contribution in [0.25, 0.3) is 10.6 Å². The van der Waals surface area contributed by atoms with E-state index in [9.17, 15) is 4.79 Å². The zero-order chi connectivity index (χ0) is 17.6. The third-order valence-electron chi connectivity index (χ3n) is 3.16. The molecule has 0 spiro atoms. The molecule has 2 aromatic carbocycles. The van der Waals surface area contributed by atoms with E-state index in [-0.39, 0.29) is 0 Å². The van der Waals surface area contributed by atoms with Gasteiger partial charge in [0.1, 0.15) is 10.8 Å². The average molecular weight is 375 g/mol. The molecule has 25 heavy (non-hydrogen) atoms. The van der Waals surface area contributed by atoms with Crippen molar-refractivity contribution in [1.29, 1.82) is 0 Å². The summed E-state index contributed by atoms with van der Waals surface area (Å²) < 4.78 is 5.41. The molecular weight excluding hydrogens is 360 g/mol. The van der Waals surface area contributed by atoms with E-state index in [1.165, 1.54) is 11.3 Å². The Kier molecular flexibility index (Phi) is 5.47. The number of amides is 2. The van der Waals surface area contributed by atoms with Crippen molar-refractivity contribution in [1.82, 2.24) is 10.2 Å². The molecule has 0 radical (unpaired) electrons. The fourth-order valence-corrected chi connectivity index (χ4v) is 2.91. The minimum Gasteiger partial charge on any atom is -0.494 e. The van der Waals surface area contributed by atoms with Crippen molar-refractivity contribution in [3.8, 4) is 16.3 Å². The zero-order valence-corrected chi connectivity index (χ0v) is 14.9. The molecule has 0 aliphatic carbocycles. The Morgan fingerprint density at radius 1 is 1.08 bits per heavy atom. The van der Waals surface area contributed by atoms with Crippen LogP contribution < -0.4 is 15.4 Å². The van der Waals surface area contributed by atoms with E-state index in [1.54, 1.807) is 24.3 Å². The minimum atomic E-state index is -0.392. The van der Waals surface area contributed by atoms with Crippen LogP contribution in [0, 0.1) is 0 Å². The van der Waals surface area contributed by atoms with Crippen LogP contribution in [0.5, 0.6) is 5.75 Å². The maximum atomic E-state index is 12.0. The van der Waals surface area contributed by atoms with Gasteiger partial charge >= 0.3 is 6.03 Å². The highest BCUT2D eigenvalue weighted by molar-refractivity contribution is 7.18. The van der Waals surface area contributed by atoms with Crippen LogP contribution in [0.4, 0.5) is 15.6 Å². The number of nitrogens with one attached hydrogen (secondary N) is 2. The van der Waals surface area contributed by atoms with Gasteiger partial charge in [0, 0.05) is 16.3 Å². The van der Waals surface area contributed by atoms with Crippen molar-refractivity contribution in [3.05, 3.63) is 53.6 Å². The van der Waals surface area contributed by atoms with Crippen LogP contribution >= 0.6 is 22.9 Å². The Morgan fingerprint density at radius 2 is 1.80 bits per heavy atom. The number of urea groups is 1. The number of benzene rings is 2. The van der Waals surface area contributed by atoms with Crippen LogP contribution in [-0.4, -0.2) is 22.8 Å². The van der Waals surface area contributed by atoms with Crippen molar-refractivity contribution in [2.45, 2.75) is 6.92 Å². The number of halogens is 1. The molecule has 0 saturated heterocycles. The molecule has 2 amide bonds. The largest absolute Gasteiger partial charge is 0.494 e. The predicted octanol–water partition coefficient (Wildman–Crippen LogP) is 4.90. The molecule has 2 N–H and O–H groups in total. The minimum absolute atomic E-state index is 0.392. The lowest BCUT2D eigenvalue weighted by atomic mass is 10.2. The molecule has 1 heterocycles. The molecule has 128 valence electrons. The zero-order valence-electron chi connectivity index (χ0n) is 13.3. The summed E-state index contributed by atoms with van der Waals surface area (Å²) in [7, 11) is 0. The van der Waals surface area contributed by atoms with Gasteiger partial charge in [-0.25, -0.2) is 4.79 Å². The summed E-state index contributed by atoms with van der Waals surface area (Å²) >= 11 is 7.10. The number of rotatable bonds is 5. The molecule has 1 aromatic heterocycles. The highest BCUT2D eigenvalue weighted by Crippen LogP contribution is 2.28. The van der Waals surface area contributed by atoms with Crippen molar-refractivity contribution in [2.75, 3.05) is 17.2 Å². The van der Waals surface area contributed by atoms with Gasteiger partial charge in [-0.2, -0.15) is 0 Å². The van der Waals surface area contributed by atoms with E-state index in [1.807, 2.05) is 31.2 Å². The Labute approximate surface area is 153 Å². The molecule has 0 atom stereocenters. The lowest BCUT2D eigenvalue weighted by Gasteiger charge is -2.04. The lowest BCUT2D eigenvalue weighted by Crippen LogP contribution is -2.19. The van der Waals surface area contributed by atoms with Gasteiger partial charge in [-0.3, -0.25) is 5.32 Å². The fourth-order valence-electron chi connectivity index (χ4n) is 2.04. The normalized spacial score (nSPS) is 10.3. The van der Waals surface area contributed by atoms with E-state index in [0.717, 1.165) is 11.3 Å². The van der Waals surface area contributed by atoms with Gasteiger partial charge in [-0.05, 0) is 55.5 Å². The first kappa shape index (κ1) is 17.2. The molecule has 0 fully saturated rings. The molecule has 0 bridgehead atoms. The standard InChI is InChI=1S/C17H15ClN4O2S/c1-2-24-14-9-3-11(4-10-14)15-21-22-17(25-15)20-16(23)19-13-7-5-12(18)6-8-13/h3-10H,2H2,1H3,(H2,19,20,22,23). The molecule has 0 aliphatic heterocycles. The molecular formula is C17H15ClN4O2S. The number of anilines is 2. The molecule has 8 heteroatoms. The van der Waals surface area contributed by atoms with Crippen molar-refractivity contribution in [2.24, 2.45) is 0 Å². The van der Waals surface area contributed by atoms with Crippen LogP contribution in [0.1, 0.15) is 6.92 Å². The maximum absolute atomic E-state index is 12.0. The van der Waals surface area contributed by atoms with Crippen molar-refractivity contribution in [3.63, 3.8) is 0 Å². The predicted molar refractivity (Wildman–Crippen MR) is 101 cm³/mol. The summed E-state index contributed by atoms with van der Waals surface area (Å²) in [5.41, 5.74) is 1.55. The Balaban J connectivity index is 1.62. The number of hydrogen-bond donors (Lipinski definition) is 2. The summed E-state index contributed by atoms with van der Waals surface area (Å²) in [5, 5.41) is 15.2. The summed E-state index contributed by atoms with van der Waals surface area (Å²) in [6.45, 7) is 2.56. The van der Waals surface area contributed by atoms with E-state index in [2.05, 4.69) is 20.8 Å². The Hall–Kier alpha value is -2.64. The molecule has 0 unspecified atom stereocenters. The summed E-state index contributed by atoms with van der Waals surface area (Å²) in [5.74, 6) is 0.802. The van der Waals surface area contributed by atoms with Gasteiger partial charge in [-0.15, -0.1) is 10.2 Å². The van der Waals surface area contributed by atoms with E-state index >= 15 is 0 Å². The quantitative estimate of drug-likeness (QED) is 0.665. The number of aromatic nitrogens is 2. The Bertz CT molecular complexity index is 850. The highest BCUT2D eigenvalue weighted by Gasteiger charge is 2.10. The fraction of sp³-hybridized carbons (Fsp3) is 0.118. The van der Waals surface area contributed by atoms with Gasteiger partial charge in [-0.1, -0.05) is 22.9 Å². The molecule has 3 aromatic rings. The second-order valence-corrected chi connectivity index (χ2v) is 6.37. The van der Waals surface area contributed by atoms with Crippen LogP contribution in [0.15, 0.2) is 48.5 Å². The highest BCUT2D eigenvalue weighted by atomic mass is 35.5. The average Bonchev–Trinajstić information content (AvgIpc) is 3.06. The summed E-state index contributed by atoms with van der Waals surface area (Å²) in [6, 6.07) is 14.0. The van der Waals surface area contributed by atoms with E-state index < -0.39 is 6.03 Å². The maximum Gasteiger partial charge on any atom is 0.325 e. The number of ether oxygens (including phenoxy) is 1. The van der Waals surface area contributed by atoms with Gasteiger partial charge in [0.25, 0.3) is 0 Å². The van der Waals surface area contributed by atoms with Gasteiger partial charge in [0.05, 0.1) is 6.61 Å². The topological polar surface area (TPSA) is 76.1 Å².